The van der Waals surface area contributed by atoms with Crippen LogP contribution in [0.2, 0.25) is 0 Å². The highest BCUT2D eigenvalue weighted by molar-refractivity contribution is 7.89. The van der Waals surface area contributed by atoms with E-state index in [1.807, 2.05) is 17.5 Å². The maximum atomic E-state index is 14.2. The molecular weight excluding hydrogens is 437 g/mol. The summed E-state index contributed by atoms with van der Waals surface area (Å²) in [5.74, 6) is 0.190. The van der Waals surface area contributed by atoms with Crippen molar-refractivity contribution < 1.29 is 22.3 Å². The number of halogens is 1. The lowest BCUT2D eigenvalue weighted by molar-refractivity contribution is 0.0720. The predicted octanol–water partition coefficient (Wildman–Crippen LogP) is 5.14. The normalized spacial score (nSPS) is 15.7. The number of benzene rings is 1. The number of thiophene rings is 1. The molecule has 1 aliphatic rings. The molecule has 0 bridgehead atoms. The second kappa shape index (κ2) is 10.4. The maximum Gasteiger partial charge on any atom is 0.212 e. The van der Waals surface area contributed by atoms with E-state index in [9.17, 15) is 12.8 Å². The number of sulfonamides is 1. The zero-order valence-electron chi connectivity index (χ0n) is 18.4. The molecule has 1 saturated carbocycles. The molecule has 5 nitrogen and oxygen atoms in total. The lowest BCUT2D eigenvalue weighted by Crippen LogP contribution is -2.31. The lowest BCUT2D eigenvalue weighted by Gasteiger charge is -2.20. The standard InChI is InChI=1S/C23H32FNO4S2/c1-23(2,3)16-28-11-5-13-31(26,27)25-22(21-6-4-12-30-21)18-9-10-19(24)20(14-18)29-15-17-7-8-17/h4,6,9-10,12,14,17,22,25H,5,7-8,11,13,15-16H2,1-3H3/t22-/m0/s1. The van der Waals surface area contributed by atoms with Crippen LogP contribution in [0.5, 0.6) is 5.75 Å². The fourth-order valence-electron chi connectivity index (χ4n) is 3.02. The Labute approximate surface area is 189 Å². The van der Waals surface area contributed by atoms with Gasteiger partial charge >= 0.3 is 0 Å². The molecule has 172 valence electrons. The fraction of sp³-hybridized carbons (Fsp3) is 0.565. The molecule has 1 aliphatic carbocycles. The monoisotopic (exact) mass is 469 g/mol. The molecule has 8 heteroatoms. The van der Waals surface area contributed by atoms with Crippen LogP contribution < -0.4 is 9.46 Å². The molecule has 31 heavy (non-hydrogen) atoms. The van der Waals surface area contributed by atoms with Gasteiger partial charge in [0.2, 0.25) is 10.0 Å². The van der Waals surface area contributed by atoms with Gasteiger partial charge in [-0.15, -0.1) is 11.3 Å². The number of hydrogen-bond acceptors (Lipinski definition) is 5. The zero-order chi connectivity index (χ0) is 22.5. The average molecular weight is 470 g/mol. The minimum absolute atomic E-state index is 0.0365. The van der Waals surface area contributed by atoms with Crippen LogP contribution in [-0.4, -0.2) is 34.0 Å². The Morgan fingerprint density at radius 2 is 2.03 bits per heavy atom. The molecule has 0 aliphatic heterocycles. The molecule has 0 saturated heterocycles. The van der Waals surface area contributed by atoms with E-state index >= 15 is 0 Å². The van der Waals surface area contributed by atoms with Gasteiger partial charge in [-0.05, 0) is 59.7 Å². The van der Waals surface area contributed by atoms with Crippen LogP contribution in [0.15, 0.2) is 35.7 Å². The number of ether oxygens (including phenoxy) is 2. The first-order valence-electron chi connectivity index (χ1n) is 10.7. The SMILES string of the molecule is CC(C)(C)COCCCS(=O)(=O)N[C@@H](c1ccc(F)c(OCC2CC2)c1)c1cccs1. The first-order valence-corrected chi connectivity index (χ1v) is 13.2. The summed E-state index contributed by atoms with van der Waals surface area (Å²) < 4.78 is 53.8. The van der Waals surface area contributed by atoms with Gasteiger partial charge in [-0.25, -0.2) is 17.5 Å². The van der Waals surface area contributed by atoms with Crippen LogP contribution in [-0.2, 0) is 14.8 Å². The fourth-order valence-corrected chi connectivity index (χ4v) is 5.13. The molecule has 1 aromatic carbocycles. The van der Waals surface area contributed by atoms with Crippen molar-refractivity contribution in [3.8, 4) is 5.75 Å². The van der Waals surface area contributed by atoms with Gasteiger partial charge in [-0.3, -0.25) is 0 Å². The lowest BCUT2D eigenvalue weighted by atomic mass is 9.99. The maximum absolute atomic E-state index is 14.2. The third-order valence-electron chi connectivity index (χ3n) is 4.82. The first-order chi connectivity index (χ1) is 14.6. The Morgan fingerprint density at radius 3 is 2.68 bits per heavy atom. The van der Waals surface area contributed by atoms with Gasteiger partial charge < -0.3 is 9.47 Å². The highest BCUT2D eigenvalue weighted by Gasteiger charge is 2.25. The van der Waals surface area contributed by atoms with E-state index in [1.54, 1.807) is 12.1 Å². The van der Waals surface area contributed by atoms with E-state index in [2.05, 4.69) is 25.5 Å². The molecule has 1 aromatic heterocycles. The summed E-state index contributed by atoms with van der Waals surface area (Å²) in [4.78, 5) is 0.840. The van der Waals surface area contributed by atoms with E-state index in [1.165, 1.54) is 17.4 Å². The van der Waals surface area contributed by atoms with E-state index in [0.717, 1.165) is 17.7 Å². The van der Waals surface area contributed by atoms with Crippen LogP contribution in [0, 0.1) is 17.2 Å². The first kappa shape index (κ1) is 24.2. The van der Waals surface area contributed by atoms with Crippen molar-refractivity contribution in [2.45, 2.75) is 46.1 Å². The summed E-state index contributed by atoms with van der Waals surface area (Å²) in [6, 6.07) is 7.71. The van der Waals surface area contributed by atoms with Crippen LogP contribution in [0.1, 0.15) is 56.5 Å². The van der Waals surface area contributed by atoms with Gasteiger partial charge in [0, 0.05) is 11.5 Å². The molecule has 0 spiro atoms. The molecule has 2 aromatic rings. The van der Waals surface area contributed by atoms with Crippen molar-refractivity contribution >= 4 is 21.4 Å². The summed E-state index contributed by atoms with van der Waals surface area (Å²) in [6.07, 6.45) is 2.62. The molecule has 3 rings (SSSR count). The van der Waals surface area contributed by atoms with E-state index in [0.29, 0.717) is 37.7 Å². The van der Waals surface area contributed by atoms with Crippen molar-refractivity contribution in [3.63, 3.8) is 0 Å². The second-order valence-corrected chi connectivity index (χ2v) is 12.1. The quantitative estimate of drug-likeness (QED) is 0.437. The number of hydrogen-bond donors (Lipinski definition) is 1. The second-order valence-electron chi connectivity index (χ2n) is 9.30. The smallest absolute Gasteiger partial charge is 0.212 e. The Morgan fingerprint density at radius 1 is 1.26 bits per heavy atom. The molecule has 1 N–H and O–H groups in total. The highest BCUT2D eigenvalue weighted by atomic mass is 32.2. The predicted molar refractivity (Wildman–Crippen MR) is 123 cm³/mol. The Hall–Kier alpha value is -1.48. The molecule has 1 heterocycles. The molecular formula is C23H32FNO4S2. The molecule has 1 fully saturated rings. The Balaban J connectivity index is 1.67. The van der Waals surface area contributed by atoms with E-state index in [-0.39, 0.29) is 16.9 Å². The average Bonchev–Trinajstić information content (AvgIpc) is 3.35. The number of nitrogens with one attached hydrogen (secondary N) is 1. The third-order valence-corrected chi connectivity index (χ3v) is 7.18. The summed E-state index contributed by atoms with van der Waals surface area (Å²) in [5.41, 5.74) is 0.700. The van der Waals surface area contributed by atoms with Crippen LogP contribution >= 0.6 is 11.3 Å². The van der Waals surface area contributed by atoms with Crippen LogP contribution in [0.4, 0.5) is 4.39 Å². The van der Waals surface area contributed by atoms with E-state index in [4.69, 9.17) is 9.47 Å². The Bertz CT molecular complexity index is 935. The van der Waals surface area contributed by atoms with Crippen molar-refractivity contribution in [2.24, 2.45) is 11.3 Å². The minimum Gasteiger partial charge on any atom is -0.490 e. The van der Waals surface area contributed by atoms with Gasteiger partial charge in [0.15, 0.2) is 11.6 Å². The van der Waals surface area contributed by atoms with Gasteiger partial charge in [0.1, 0.15) is 0 Å². The summed E-state index contributed by atoms with van der Waals surface area (Å²) in [6.45, 7) is 7.67. The zero-order valence-corrected chi connectivity index (χ0v) is 20.0. The Kier molecular flexibility index (Phi) is 8.13. The minimum atomic E-state index is -3.57. The third kappa shape index (κ3) is 8.18. The van der Waals surface area contributed by atoms with Crippen molar-refractivity contribution in [1.29, 1.82) is 0 Å². The summed E-state index contributed by atoms with van der Waals surface area (Å²) in [7, 11) is -3.57. The number of rotatable bonds is 12. The van der Waals surface area contributed by atoms with Crippen molar-refractivity contribution in [1.82, 2.24) is 4.72 Å². The highest BCUT2D eigenvalue weighted by Crippen LogP contribution is 2.33. The van der Waals surface area contributed by atoms with Gasteiger partial charge in [0.25, 0.3) is 0 Å². The van der Waals surface area contributed by atoms with Crippen LogP contribution in [0.3, 0.4) is 0 Å². The molecule has 0 radical (unpaired) electrons. The van der Waals surface area contributed by atoms with Gasteiger partial charge in [-0.2, -0.15) is 0 Å². The van der Waals surface area contributed by atoms with E-state index < -0.39 is 21.9 Å². The van der Waals surface area contributed by atoms with Gasteiger partial charge in [-0.1, -0.05) is 32.9 Å². The molecule has 0 unspecified atom stereocenters. The topological polar surface area (TPSA) is 64.6 Å². The van der Waals surface area contributed by atoms with Crippen molar-refractivity contribution in [3.05, 3.63) is 52.0 Å². The molecule has 1 atom stereocenters. The summed E-state index contributed by atoms with van der Waals surface area (Å²) >= 11 is 1.45. The van der Waals surface area contributed by atoms with Crippen molar-refractivity contribution in [2.75, 3.05) is 25.6 Å². The summed E-state index contributed by atoms with van der Waals surface area (Å²) in [5, 5.41) is 1.89. The largest absolute Gasteiger partial charge is 0.490 e. The van der Waals surface area contributed by atoms with Crippen LogP contribution in [0.25, 0.3) is 0 Å². The van der Waals surface area contributed by atoms with Gasteiger partial charge in [0.05, 0.1) is 25.0 Å². The molecule has 0 amide bonds.